The molecule has 2 rings (SSSR count). The van der Waals surface area contributed by atoms with Crippen LogP contribution in [0.4, 0.5) is 5.13 Å². The highest BCUT2D eigenvalue weighted by molar-refractivity contribution is 7.15. The average molecular weight is 268 g/mol. The summed E-state index contributed by atoms with van der Waals surface area (Å²) in [7, 11) is 0. The van der Waals surface area contributed by atoms with E-state index in [1.54, 1.807) is 11.3 Å². The first-order chi connectivity index (χ1) is 8.69. The monoisotopic (exact) mass is 268 g/mol. The van der Waals surface area contributed by atoms with E-state index in [1.807, 2.05) is 0 Å². The van der Waals surface area contributed by atoms with E-state index in [2.05, 4.69) is 41.2 Å². The number of rotatable bonds is 8. The molecule has 1 heterocycles. The molecule has 5 heteroatoms. The van der Waals surface area contributed by atoms with Gasteiger partial charge in [-0.05, 0) is 38.6 Å². The van der Waals surface area contributed by atoms with Crippen LogP contribution >= 0.6 is 11.3 Å². The van der Waals surface area contributed by atoms with Crippen LogP contribution < -0.4 is 5.32 Å². The van der Waals surface area contributed by atoms with Crippen LogP contribution in [0.15, 0.2) is 0 Å². The highest BCUT2D eigenvalue weighted by Gasteiger charge is 2.29. The Morgan fingerprint density at radius 1 is 1.39 bits per heavy atom. The zero-order valence-electron chi connectivity index (χ0n) is 11.6. The Balaban J connectivity index is 1.86. The van der Waals surface area contributed by atoms with Crippen molar-refractivity contribution in [2.75, 3.05) is 18.4 Å². The van der Waals surface area contributed by atoms with Crippen LogP contribution in [0, 0.1) is 5.92 Å². The van der Waals surface area contributed by atoms with Gasteiger partial charge in [-0.25, -0.2) is 0 Å². The quantitative estimate of drug-likeness (QED) is 0.787. The van der Waals surface area contributed by atoms with E-state index in [0.29, 0.717) is 0 Å². The summed E-state index contributed by atoms with van der Waals surface area (Å²) < 4.78 is 0. The van der Waals surface area contributed by atoms with Gasteiger partial charge in [0, 0.05) is 12.6 Å². The molecular weight excluding hydrogens is 244 g/mol. The summed E-state index contributed by atoms with van der Waals surface area (Å²) in [5, 5.41) is 13.8. The van der Waals surface area contributed by atoms with E-state index in [9.17, 15) is 0 Å². The number of anilines is 1. The molecule has 1 N–H and O–H groups in total. The van der Waals surface area contributed by atoms with Crippen LogP contribution in [0.5, 0.6) is 0 Å². The molecule has 102 valence electrons. The van der Waals surface area contributed by atoms with Gasteiger partial charge in [0.05, 0.1) is 6.54 Å². The maximum absolute atomic E-state index is 4.28. The van der Waals surface area contributed by atoms with Crippen LogP contribution in [0.25, 0.3) is 0 Å². The minimum atomic E-state index is 0.776. The molecular formula is C13H24N4S. The molecule has 1 aliphatic rings. The molecule has 4 nitrogen and oxygen atoms in total. The molecule has 18 heavy (non-hydrogen) atoms. The van der Waals surface area contributed by atoms with Gasteiger partial charge in [0.25, 0.3) is 0 Å². The lowest BCUT2D eigenvalue weighted by Gasteiger charge is -2.21. The maximum Gasteiger partial charge on any atom is 0.205 e. The lowest BCUT2D eigenvalue weighted by Crippen LogP contribution is -2.27. The Kier molecular flexibility index (Phi) is 4.95. The minimum absolute atomic E-state index is 0.776. The highest BCUT2D eigenvalue weighted by atomic mass is 32.1. The molecule has 0 unspecified atom stereocenters. The van der Waals surface area contributed by atoms with Gasteiger partial charge < -0.3 is 5.32 Å². The van der Waals surface area contributed by atoms with Crippen molar-refractivity contribution in [1.82, 2.24) is 15.1 Å². The summed E-state index contributed by atoms with van der Waals surface area (Å²) >= 11 is 1.69. The van der Waals surface area contributed by atoms with Crippen molar-refractivity contribution >= 4 is 16.5 Å². The van der Waals surface area contributed by atoms with Crippen molar-refractivity contribution in [2.24, 2.45) is 5.92 Å². The molecule has 1 saturated carbocycles. The molecule has 0 aromatic carbocycles. The molecule has 1 aromatic heterocycles. The summed E-state index contributed by atoms with van der Waals surface area (Å²) in [6.07, 6.45) is 3.99. The summed E-state index contributed by atoms with van der Waals surface area (Å²) in [6, 6.07) is 0.801. The Morgan fingerprint density at radius 3 is 2.78 bits per heavy atom. The predicted octanol–water partition coefficient (Wildman–Crippen LogP) is 2.98. The van der Waals surface area contributed by atoms with Crippen molar-refractivity contribution in [1.29, 1.82) is 0 Å². The molecule has 1 aliphatic carbocycles. The van der Waals surface area contributed by atoms with Gasteiger partial charge >= 0.3 is 0 Å². The van der Waals surface area contributed by atoms with Crippen LogP contribution in [0.2, 0.25) is 0 Å². The number of nitrogens with one attached hydrogen (secondary N) is 1. The van der Waals surface area contributed by atoms with Gasteiger partial charge in [-0.15, -0.1) is 10.2 Å². The van der Waals surface area contributed by atoms with Gasteiger partial charge in [-0.3, -0.25) is 4.90 Å². The number of hydrogen-bond donors (Lipinski definition) is 1. The smallest absolute Gasteiger partial charge is 0.205 e. The first-order valence-electron chi connectivity index (χ1n) is 6.99. The SMILES string of the molecule is CCNc1nnc(CN(CCC(C)C)C2CC2)s1. The van der Waals surface area contributed by atoms with Gasteiger partial charge in [0.1, 0.15) is 5.01 Å². The molecule has 1 aromatic rings. The lowest BCUT2D eigenvalue weighted by atomic mass is 10.1. The number of nitrogens with zero attached hydrogens (tertiary/aromatic N) is 3. The van der Waals surface area contributed by atoms with E-state index in [4.69, 9.17) is 0 Å². The molecule has 0 spiro atoms. The highest BCUT2D eigenvalue weighted by Crippen LogP contribution is 2.29. The molecule has 0 amide bonds. The summed E-state index contributed by atoms with van der Waals surface area (Å²) in [5.74, 6) is 0.776. The molecule has 0 radical (unpaired) electrons. The fraction of sp³-hybridized carbons (Fsp3) is 0.846. The molecule has 1 fully saturated rings. The van der Waals surface area contributed by atoms with Crippen LogP contribution in [-0.2, 0) is 6.54 Å². The van der Waals surface area contributed by atoms with Crippen LogP contribution in [0.1, 0.15) is 45.0 Å². The lowest BCUT2D eigenvalue weighted by molar-refractivity contribution is 0.238. The van der Waals surface area contributed by atoms with Crippen molar-refractivity contribution in [3.63, 3.8) is 0 Å². The summed E-state index contributed by atoms with van der Waals surface area (Å²) in [6.45, 7) is 9.74. The maximum atomic E-state index is 4.28. The normalized spacial score (nSPS) is 15.6. The largest absolute Gasteiger partial charge is 0.360 e. The topological polar surface area (TPSA) is 41.1 Å². The second-order valence-electron chi connectivity index (χ2n) is 5.42. The molecule has 0 bridgehead atoms. The van der Waals surface area contributed by atoms with Crippen LogP contribution in [-0.4, -0.2) is 34.2 Å². The predicted molar refractivity (Wildman–Crippen MR) is 77.0 cm³/mol. The zero-order chi connectivity index (χ0) is 13.0. The second kappa shape index (κ2) is 6.48. The Hall–Kier alpha value is -0.680. The fourth-order valence-electron chi connectivity index (χ4n) is 1.97. The minimum Gasteiger partial charge on any atom is -0.360 e. The summed E-state index contributed by atoms with van der Waals surface area (Å²) in [4.78, 5) is 2.58. The van der Waals surface area contributed by atoms with Gasteiger partial charge in [0.2, 0.25) is 5.13 Å². The van der Waals surface area contributed by atoms with Crippen molar-refractivity contribution < 1.29 is 0 Å². The Labute approximate surface area is 114 Å². The third-order valence-corrected chi connectivity index (χ3v) is 4.06. The van der Waals surface area contributed by atoms with E-state index in [-0.39, 0.29) is 0 Å². The number of aromatic nitrogens is 2. The van der Waals surface area contributed by atoms with Crippen LogP contribution in [0.3, 0.4) is 0 Å². The van der Waals surface area contributed by atoms with E-state index < -0.39 is 0 Å². The third kappa shape index (κ3) is 4.21. The van der Waals surface area contributed by atoms with Crippen molar-refractivity contribution in [3.05, 3.63) is 5.01 Å². The Bertz CT molecular complexity index is 360. The summed E-state index contributed by atoms with van der Waals surface area (Å²) in [5.41, 5.74) is 0. The van der Waals surface area contributed by atoms with E-state index >= 15 is 0 Å². The third-order valence-electron chi connectivity index (χ3n) is 3.19. The zero-order valence-corrected chi connectivity index (χ0v) is 12.5. The molecule has 0 saturated heterocycles. The second-order valence-corrected chi connectivity index (χ2v) is 6.48. The van der Waals surface area contributed by atoms with E-state index in [1.165, 1.54) is 25.8 Å². The molecule has 0 aliphatic heterocycles. The van der Waals surface area contributed by atoms with Crippen molar-refractivity contribution in [2.45, 2.75) is 52.6 Å². The van der Waals surface area contributed by atoms with Crippen molar-refractivity contribution in [3.8, 4) is 0 Å². The molecule has 0 atom stereocenters. The first-order valence-corrected chi connectivity index (χ1v) is 7.81. The standard InChI is InChI=1S/C13H24N4S/c1-4-14-13-16-15-12(18-13)9-17(11-5-6-11)8-7-10(2)3/h10-11H,4-9H2,1-3H3,(H,14,16). The Morgan fingerprint density at radius 2 is 2.17 bits per heavy atom. The van der Waals surface area contributed by atoms with Gasteiger partial charge in [0.15, 0.2) is 0 Å². The number of hydrogen-bond acceptors (Lipinski definition) is 5. The van der Waals surface area contributed by atoms with Gasteiger partial charge in [-0.1, -0.05) is 25.2 Å². The average Bonchev–Trinajstić information content (AvgIpc) is 3.07. The first kappa shape index (κ1) is 13.7. The fourth-order valence-corrected chi connectivity index (χ4v) is 2.80. The van der Waals surface area contributed by atoms with E-state index in [0.717, 1.165) is 35.2 Å². The van der Waals surface area contributed by atoms with Gasteiger partial charge in [-0.2, -0.15) is 0 Å².